The quantitative estimate of drug-likeness (QED) is 0.663. The summed E-state index contributed by atoms with van der Waals surface area (Å²) in [6.07, 6.45) is 1.18. The molecule has 2 aliphatic rings. The largest absolute Gasteiger partial charge is 0.481 e. The van der Waals surface area contributed by atoms with Crippen LogP contribution in [-0.2, 0) is 14.3 Å². The monoisotopic (exact) mass is 186 g/mol. The van der Waals surface area contributed by atoms with Crippen LogP contribution in [0.25, 0.3) is 0 Å². The Labute approximate surface area is 76.8 Å². The number of aliphatic carboxylic acids is 1. The van der Waals surface area contributed by atoms with Gasteiger partial charge in [-0.1, -0.05) is 0 Å². The highest BCUT2D eigenvalue weighted by molar-refractivity contribution is 5.71. The first kappa shape index (κ1) is 8.97. The number of hydrogen-bond acceptors (Lipinski definition) is 3. The van der Waals surface area contributed by atoms with Crippen molar-refractivity contribution in [2.75, 3.05) is 6.61 Å². The van der Waals surface area contributed by atoms with Crippen molar-refractivity contribution >= 4 is 5.97 Å². The number of carboxylic acid groups (broad SMARTS) is 1. The Morgan fingerprint density at radius 2 is 2.08 bits per heavy atom. The Balaban J connectivity index is 1.95. The van der Waals surface area contributed by atoms with Crippen molar-refractivity contribution in [1.29, 1.82) is 0 Å². The fraction of sp³-hybridized carbons (Fsp3) is 0.889. The molecule has 0 radical (unpaired) electrons. The first-order valence-electron chi connectivity index (χ1n) is 4.49. The van der Waals surface area contributed by atoms with Crippen LogP contribution in [0.3, 0.4) is 0 Å². The van der Waals surface area contributed by atoms with Crippen LogP contribution in [0.5, 0.6) is 0 Å². The minimum Gasteiger partial charge on any atom is -0.481 e. The molecular weight excluding hydrogens is 172 g/mol. The van der Waals surface area contributed by atoms with Crippen LogP contribution < -0.4 is 0 Å². The molecule has 4 nitrogen and oxygen atoms in total. The van der Waals surface area contributed by atoms with Crippen molar-refractivity contribution < 1.29 is 19.4 Å². The van der Waals surface area contributed by atoms with E-state index in [1.807, 2.05) is 13.8 Å². The number of hydrogen-bond donors (Lipinski definition) is 1. The van der Waals surface area contributed by atoms with Crippen LogP contribution in [0.1, 0.15) is 26.7 Å². The lowest BCUT2D eigenvalue weighted by Crippen LogP contribution is -2.49. The van der Waals surface area contributed by atoms with Gasteiger partial charge in [0.05, 0.1) is 18.1 Å². The Bertz CT molecular complexity index is 240. The second kappa shape index (κ2) is 2.45. The molecule has 1 aliphatic carbocycles. The molecule has 1 heterocycles. The molecule has 0 aromatic carbocycles. The van der Waals surface area contributed by atoms with Crippen molar-refractivity contribution in [1.82, 2.24) is 0 Å². The van der Waals surface area contributed by atoms with E-state index in [-0.39, 0.29) is 11.5 Å². The molecule has 0 bridgehead atoms. The van der Waals surface area contributed by atoms with Crippen LogP contribution in [0.15, 0.2) is 0 Å². The third-order valence-electron chi connectivity index (χ3n) is 2.73. The number of ether oxygens (including phenoxy) is 2. The van der Waals surface area contributed by atoms with Gasteiger partial charge in [0.1, 0.15) is 0 Å². The van der Waals surface area contributed by atoms with Crippen LogP contribution >= 0.6 is 0 Å². The molecule has 0 unspecified atom stereocenters. The average Bonchev–Trinajstić information content (AvgIpc) is 2.22. The highest BCUT2D eigenvalue weighted by atomic mass is 16.8. The number of carbonyl (C=O) groups is 1. The summed E-state index contributed by atoms with van der Waals surface area (Å²) in [5, 5.41) is 8.71. The van der Waals surface area contributed by atoms with E-state index in [2.05, 4.69) is 0 Å². The Hall–Kier alpha value is -0.610. The molecule has 2 fully saturated rings. The summed E-state index contributed by atoms with van der Waals surface area (Å²) in [4.78, 5) is 10.6. The van der Waals surface area contributed by atoms with E-state index in [0.29, 0.717) is 19.4 Å². The molecule has 4 heteroatoms. The molecule has 0 aromatic heterocycles. The molecule has 0 aromatic rings. The second-order valence-corrected chi connectivity index (χ2v) is 4.42. The molecular formula is C9H14O4. The number of rotatable bonds is 1. The SMILES string of the molecule is CC1(C)OCC2(CC(C(=O)O)C2)O1. The van der Waals surface area contributed by atoms with E-state index >= 15 is 0 Å². The van der Waals surface area contributed by atoms with Gasteiger partial charge in [-0.2, -0.15) is 0 Å². The Kier molecular flexibility index (Phi) is 1.69. The molecule has 2 rings (SSSR count). The lowest BCUT2D eigenvalue weighted by atomic mass is 9.71. The molecule has 0 amide bonds. The number of carboxylic acids is 1. The Morgan fingerprint density at radius 1 is 1.46 bits per heavy atom. The topological polar surface area (TPSA) is 55.8 Å². The summed E-state index contributed by atoms with van der Waals surface area (Å²) in [5.74, 6) is -1.50. The lowest BCUT2D eigenvalue weighted by molar-refractivity contribution is -0.195. The zero-order valence-corrected chi connectivity index (χ0v) is 7.87. The standard InChI is InChI=1S/C9H14O4/c1-8(2)12-5-9(13-8)3-6(4-9)7(10)11/h6H,3-5H2,1-2H3,(H,10,11). The maximum Gasteiger partial charge on any atom is 0.306 e. The summed E-state index contributed by atoms with van der Waals surface area (Å²) >= 11 is 0. The molecule has 1 saturated heterocycles. The maximum absolute atomic E-state index is 10.6. The van der Waals surface area contributed by atoms with E-state index in [9.17, 15) is 4.79 Å². The van der Waals surface area contributed by atoms with Gasteiger partial charge < -0.3 is 14.6 Å². The predicted octanol–water partition coefficient (Wildman–Crippen LogP) is 1.00. The van der Waals surface area contributed by atoms with Crippen molar-refractivity contribution in [2.24, 2.45) is 5.92 Å². The van der Waals surface area contributed by atoms with Crippen LogP contribution in [0.2, 0.25) is 0 Å². The third-order valence-corrected chi connectivity index (χ3v) is 2.73. The van der Waals surface area contributed by atoms with Gasteiger partial charge in [0, 0.05) is 0 Å². The van der Waals surface area contributed by atoms with E-state index in [1.54, 1.807) is 0 Å². The molecule has 1 aliphatic heterocycles. The van der Waals surface area contributed by atoms with E-state index in [4.69, 9.17) is 14.6 Å². The summed E-state index contributed by atoms with van der Waals surface area (Å²) in [5.41, 5.74) is -0.299. The van der Waals surface area contributed by atoms with Gasteiger partial charge in [0.25, 0.3) is 0 Å². The molecule has 1 spiro atoms. The summed E-state index contributed by atoms with van der Waals surface area (Å²) in [7, 11) is 0. The van der Waals surface area contributed by atoms with E-state index < -0.39 is 11.8 Å². The minimum absolute atomic E-state index is 0.238. The molecule has 1 saturated carbocycles. The average molecular weight is 186 g/mol. The smallest absolute Gasteiger partial charge is 0.306 e. The maximum atomic E-state index is 10.6. The highest BCUT2D eigenvalue weighted by Crippen LogP contribution is 2.47. The minimum atomic E-state index is -0.723. The zero-order chi connectivity index (χ0) is 9.69. The molecule has 1 N–H and O–H groups in total. The summed E-state index contributed by atoms with van der Waals surface area (Å²) < 4.78 is 11.1. The van der Waals surface area contributed by atoms with Gasteiger partial charge in [-0.15, -0.1) is 0 Å². The highest BCUT2D eigenvalue weighted by Gasteiger charge is 2.55. The third kappa shape index (κ3) is 1.44. The van der Waals surface area contributed by atoms with Gasteiger partial charge in [-0.05, 0) is 26.7 Å². The van der Waals surface area contributed by atoms with Crippen molar-refractivity contribution in [3.05, 3.63) is 0 Å². The normalized spacial score (nSPS) is 41.8. The van der Waals surface area contributed by atoms with Crippen LogP contribution in [0, 0.1) is 5.92 Å². The summed E-state index contributed by atoms with van der Waals surface area (Å²) in [6, 6.07) is 0. The first-order valence-corrected chi connectivity index (χ1v) is 4.49. The zero-order valence-electron chi connectivity index (χ0n) is 7.87. The van der Waals surface area contributed by atoms with Crippen LogP contribution in [-0.4, -0.2) is 29.1 Å². The predicted molar refractivity (Wildman–Crippen MR) is 44.2 cm³/mol. The van der Waals surface area contributed by atoms with Gasteiger partial charge in [0.15, 0.2) is 5.79 Å². The molecule has 13 heavy (non-hydrogen) atoms. The van der Waals surface area contributed by atoms with Crippen molar-refractivity contribution in [3.8, 4) is 0 Å². The van der Waals surface area contributed by atoms with Crippen LogP contribution in [0.4, 0.5) is 0 Å². The van der Waals surface area contributed by atoms with Gasteiger partial charge in [-0.3, -0.25) is 4.79 Å². The summed E-state index contributed by atoms with van der Waals surface area (Å²) in [6.45, 7) is 4.25. The first-order chi connectivity index (χ1) is 5.93. The molecule has 74 valence electrons. The van der Waals surface area contributed by atoms with Crippen molar-refractivity contribution in [2.45, 2.75) is 38.1 Å². The van der Waals surface area contributed by atoms with Crippen molar-refractivity contribution in [3.63, 3.8) is 0 Å². The van der Waals surface area contributed by atoms with E-state index in [0.717, 1.165) is 0 Å². The lowest BCUT2D eigenvalue weighted by Gasteiger charge is -2.41. The molecule has 0 atom stereocenters. The van der Waals surface area contributed by atoms with Gasteiger partial charge >= 0.3 is 5.97 Å². The Morgan fingerprint density at radius 3 is 2.46 bits per heavy atom. The fourth-order valence-electron chi connectivity index (χ4n) is 2.10. The van der Waals surface area contributed by atoms with E-state index in [1.165, 1.54) is 0 Å². The fourth-order valence-corrected chi connectivity index (χ4v) is 2.10. The van der Waals surface area contributed by atoms with Gasteiger partial charge in [-0.25, -0.2) is 0 Å². The van der Waals surface area contributed by atoms with Gasteiger partial charge in [0.2, 0.25) is 0 Å². The second-order valence-electron chi connectivity index (χ2n) is 4.42.